The number of non-ortho nitro benzene ring substituents is 1. The number of rotatable bonds is 12. The summed E-state index contributed by atoms with van der Waals surface area (Å²) in [6.07, 6.45) is 2.47. The molecule has 33 heavy (non-hydrogen) atoms. The summed E-state index contributed by atoms with van der Waals surface area (Å²) in [7, 11) is 3.04. The fourth-order valence-corrected chi connectivity index (χ4v) is 2.96. The monoisotopic (exact) mass is 456 g/mol. The van der Waals surface area contributed by atoms with Gasteiger partial charge in [0.1, 0.15) is 0 Å². The quantitative estimate of drug-likeness (QED) is 0.218. The van der Waals surface area contributed by atoms with Gasteiger partial charge in [0, 0.05) is 30.7 Å². The molecule has 176 valence electrons. The zero-order chi connectivity index (χ0) is 24.2. The van der Waals surface area contributed by atoms with Crippen molar-refractivity contribution >= 4 is 23.2 Å². The van der Waals surface area contributed by atoms with Gasteiger partial charge in [0.2, 0.25) is 5.91 Å². The number of nitro groups is 1. The lowest BCUT2D eigenvalue weighted by molar-refractivity contribution is -0.384. The minimum Gasteiger partial charge on any atom is -0.493 e. The highest BCUT2D eigenvalue weighted by atomic mass is 16.6. The Balaban J connectivity index is 1.66. The van der Waals surface area contributed by atoms with Crippen LogP contribution in [-0.4, -0.2) is 43.2 Å². The number of unbranched alkanes of at least 4 members (excludes halogenated alkanes) is 2. The van der Waals surface area contributed by atoms with Gasteiger partial charge in [-0.15, -0.1) is 0 Å². The second kappa shape index (κ2) is 12.8. The number of hydrogen-bond acceptors (Lipinski definition) is 7. The van der Waals surface area contributed by atoms with E-state index in [9.17, 15) is 19.7 Å². The van der Waals surface area contributed by atoms with Crippen molar-refractivity contribution in [1.29, 1.82) is 0 Å². The lowest BCUT2D eigenvalue weighted by Gasteiger charge is -2.10. The largest absolute Gasteiger partial charge is 0.493 e. The summed E-state index contributed by atoms with van der Waals surface area (Å²) in [4.78, 5) is 34.4. The fraction of sp³-hybridized carbons (Fsp3) is 0.348. The average molecular weight is 456 g/mol. The van der Waals surface area contributed by atoms with Crippen molar-refractivity contribution in [2.75, 3.05) is 20.8 Å². The van der Waals surface area contributed by atoms with Crippen LogP contribution < -0.4 is 20.2 Å². The van der Waals surface area contributed by atoms with Crippen molar-refractivity contribution in [2.45, 2.75) is 32.6 Å². The second-order valence-corrected chi connectivity index (χ2v) is 7.17. The van der Waals surface area contributed by atoms with Crippen molar-refractivity contribution in [3.05, 3.63) is 63.7 Å². The Morgan fingerprint density at radius 2 is 1.64 bits per heavy atom. The number of benzene rings is 2. The summed E-state index contributed by atoms with van der Waals surface area (Å²) in [6.45, 7) is 2.20. The predicted octanol–water partition coefficient (Wildman–Crippen LogP) is 3.44. The Labute approximate surface area is 192 Å². The van der Waals surface area contributed by atoms with Gasteiger partial charge in [0.15, 0.2) is 11.5 Å². The van der Waals surface area contributed by atoms with Crippen LogP contribution in [0.4, 0.5) is 5.69 Å². The number of carbonyl (C=O) groups excluding carboxylic acids is 2. The van der Waals surface area contributed by atoms with Gasteiger partial charge in [-0.2, -0.15) is 5.10 Å². The van der Waals surface area contributed by atoms with Gasteiger partial charge in [0.25, 0.3) is 11.6 Å². The highest BCUT2D eigenvalue weighted by Gasteiger charge is 2.10. The zero-order valence-corrected chi connectivity index (χ0v) is 18.9. The predicted molar refractivity (Wildman–Crippen MR) is 124 cm³/mol. The third-order valence-corrected chi connectivity index (χ3v) is 4.86. The summed E-state index contributed by atoms with van der Waals surface area (Å²) < 4.78 is 10.4. The van der Waals surface area contributed by atoms with Crippen molar-refractivity contribution in [3.8, 4) is 11.5 Å². The van der Waals surface area contributed by atoms with Gasteiger partial charge in [-0.05, 0) is 55.7 Å². The molecule has 0 spiro atoms. The van der Waals surface area contributed by atoms with Crippen molar-refractivity contribution in [1.82, 2.24) is 10.7 Å². The molecule has 10 heteroatoms. The average Bonchev–Trinajstić information content (AvgIpc) is 2.83. The SMILES string of the molecule is COc1ccc(C(=O)NCCCCCC(=O)N/N=C(\C)c2ccc([N+](=O)[O-])cc2)cc1OC. The number of carbonyl (C=O) groups is 2. The zero-order valence-electron chi connectivity index (χ0n) is 18.9. The molecule has 2 aromatic carbocycles. The first-order valence-electron chi connectivity index (χ1n) is 10.4. The normalized spacial score (nSPS) is 10.9. The molecule has 0 radical (unpaired) electrons. The molecule has 0 aromatic heterocycles. The molecule has 2 amide bonds. The number of nitro benzene ring substituents is 1. The maximum absolute atomic E-state index is 12.3. The lowest BCUT2D eigenvalue weighted by Crippen LogP contribution is -2.24. The molecule has 0 unspecified atom stereocenters. The topological polar surface area (TPSA) is 132 Å². The number of nitrogens with zero attached hydrogens (tertiary/aromatic N) is 2. The Hall–Kier alpha value is -3.95. The third-order valence-electron chi connectivity index (χ3n) is 4.86. The second-order valence-electron chi connectivity index (χ2n) is 7.17. The van der Waals surface area contributed by atoms with Crippen molar-refractivity contribution in [3.63, 3.8) is 0 Å². The first-order chi connectivity index (χ1) is 15.8. The molecule has 0 atom stereocenters. The van der Waals surface area contributed by atoms with Gasteiger partial charge in [-0.3, -0.25) is 19.7 Å². The minimum atomic E-state index is -0.473. The van der Waals surface area contributed by atoms with Crippen LogP contribution in [0.5, 0.6) is 11.5 Å². The summed E-state index contributed by atoms with van der Waals surface area (Å²) in [5.41, 5.74) is 4.21. The number of methoxy groups -OCH3 is 2. The van der Waals surface area contributed by atoms with E-state index in [1.54, 1.807) is 37.3 Å². The Kier molecular flexibility index (Phi) is 9.81. The van der Waals surface area contributed by atoms with E-state index in [2.05, 4.69) is 15.8 Å². The molecule has 0 aliphatic heterocycles. The van der Waals surface area contributed by atoms with E-state index >= 15 is 0 Å². The van der Waals surface area contributed by atoms with E-state index in [0.29, 0.717) is 47.7 Å². The van der Waals surface area contributed by atoms with Crippen LogP contribution in [0.3, 0.4) is 0 Å². The first-order valence-corrected chi connectivity index (χ1v) is 10.4. The molecule has 2 rings (SSSR count). The summed E-state index contributed by atoms with van der Waals surface area (Å²) in [5, 5.41) is 17.6. The number of hydrogen-bond donors (Lipinski definition) is 2. The summed E-state index contributed by atoms with van der Waals surface area (Å²) in [6, 6.07) is 10.9. The van der Waals surface area contributed by atoms with E-state index in [4.69, 9.17) is 9.47 Å². The molecular weight excluding hydrogens is 428 g/mol. The van der Waals surface area contributed by atoms with Crippen LogP contribution in [0.1, 0.15) is 48.5 Å². The van der Waals surface area contributed by atoms with Gasteiger partial charge in [-0.25, -0.2) is 5.43 Å². The third kappa shape index (κ3) is 7.91. The van der Waals surface area contributed by atoms with Crippen molar-refractivity contribution < 1.29 is 24.0 Å². The molecule has 0 aliphatic rings. The smallest absolute Gasteiger partial charge is 0.269 e. The van der Waals surface area contributed by atoms with Gasteiger partial charge in [0.05, 0.1) is 24.9 Å². The summed E-state index contributed by atoms with van der Waals surface area (Å²) >= 11 is 0. The van der Waals surface area contributed by atoms with E-state index < -0.39 is 4.92 Å². The molecule has 0 fully saturated rings. The fourth-order valence-electron chi connectivity index (χ4n) is 2.96. The van der Waals surface area contributed by atoms with Crippen LogP contribution in [0.15, 0.2) is 47.6 Å². The van der Waals surface area contributed by atoms with Gasteiger partial charge in [-0.1, -0.05) is 6.42 Å². The molecule has 0 bridgehead atoms. The number of amides is 2. The van der Waals surface area contributed by atoms with Crippen LogP contribution in [0.2, 0.25) is 0 Å². The highest BCUT2D eigenvalue weighted by molar-refractivity contribution is 5.99. The molecule has 0 saturated carbocycles. The standard InChI is InChI=1S/C23H28N4O6/c1-16(17-8-11-19(12-9-17)27(30)31)25-26-22(28)7-5-4-6-14-24-23(29)18-10-13-20(32-2)21(15-18)33-3/h8-13,15H,4-7,14H2,1-3H3,(H,24,29)(H,26,28)/b25-16+. The maximum atomic E-state index is 12.3. The molecule has 2 aromatic rings. The maximum Gasteiger partial charge on any atom is 0.269 e. The Bertz CT molecular complexity index is 1000. The number of ether oxygens (including phenoxy) is 2. The minimum absolute atomic E-state index is 0.00417. The molecule has 0 aliphatic carbocycles. The van der Waals surface area contributed by atoms with E-state index in [0.717, 1.165) is 12.8 Å². The van der Waals surface area contributed by atoms with Crippen LogP contribution in [-0.2, 0) is 4.79 Å². The van der Waals surface area contributed by atoms with E-state index in [1.807, 2.05) is 0 Å². The first kappa shape index (κ1) is 25.3. The molecule has 0 saturated heterocycles. The molecular formula is C23H28N4O6. The summed E-state index contributed by atoms with van der Waals surface area (Å²) in [5.74, 6) is 0.623. The number of nitrogens with one attached hydrogen (secondary N) is 2. The number of hydrazone groups is 1. The molecule has 0 heterocycles. The Morgan fingerprint density at radius 1 is 0.970 bits per heavy atom. The molecule has 2 N–H and O–H groups in total. The Morgan fingerprint density at radius 3 is 2.27 bits per heavy atom. The van der Waals surface area contributed by atoms with Crippen LogP contribution in [0, 0.1) is 10.1 Å². The van der Waals surface area contributed by atoms with Crippen molar-refractivity contribution in [2.24, 2.45) is 5.10 Å². The van der Waals surface area contributed by atoms with E-state index in [-0.39, 0.29) is 17.5 Å². The van der Waals surface area contributed by atoms with Gasteiger partial charge < -0.3 is 14.8 Å². The van der Waals surface area contributed by atoms with Crippen LogP contribution >= 0.6 is 0 Å². The van der Waals surface area contributed by atoms with Gasteiger partial charge >= 0.3 is 0 Å². The van der Waals surface area contributed by atoms with Crippen LogP contribution in [0.25, 0.3) is 0 Å². The highest BCUT2D eigenvalue weighted by Crippen LogP contribution is 2.27. The lowest BCUT2D eigenvalue weighted by atomic mass is 10.1. The van der Waals surface area contributed by atoms with E-state index in [1.165, 1.54) is 26.4 Å². The molecule has 10 nitrogen and oxygen atoms in total.